The monoisotopic (exact) mass is 279 g/mol. The molecule has 1 aliphatic rings. The second kappa shape index (κ2) is 7.75. The highest BCUT2D eigenvalue weighted by molar-refractivity contribution is 5.19. The number of nitrogens with one attached hydrogen (secondary N) is 1. The van der Waals surface area contributed by atoms with Crippen LogP contribution in [0.25, 0.3) is 0 Å². The van der Waals surface area contributed by atoms with Crippen molar-refractivity contribution in [3.05, 3.63) is 35.6 Å². The Morgan fingerprint density at radius 3 is 2.70 bits per heavy atom. The van der Waals surface area contributed by atoms with Crippen molar-refractivity contribution < 1.29 is 9.13 Å². The topological polar surface area (TPSA) is 21.3 Å². The van der Waals surface area contributed by atoms with Crippen molar-refractivity contribution in [1.29, 1.82) is 0 Å². The molecule has 112 valence electrons. The Morgan fingerprint density at radius 2 is 2.05 bits per heavy atom. The fraction of sp³-hybridized carbons (Fsp3) is 0.647. The second-order valence-electron chi connectivity index (χ2n) is 5.88. The van der Waals surface area contributed by atoms with E-state index in [2.05, 4.69) is 19.2 Å². The molecular weight excluding hydrogens is 253 g/mol. The van der Waals surface area contributed by atoms with Gasteiger partial charge in [-0.1, -0.05) is 38.8 Å². The van der Waals surface area contributed by atoms with Crippen LogP contribution in [0.2, 0.25) is 0 Å². The van der Waals surface area contributed by atoms with E-state index in [0.717, 1.165) is 37.4 Å². The van der Waals surface area contributed by atoms with Gasteiger partial charge in [0.25, 0.3) is 0 Å². The number of rotatable bonds is 6. The Labute approximate surface area is 121 Å². The highest BCUT2D eigenvalue weighted by atomic mass is 19.1. The smallest absolute Gasteiger partial charge is 0.123 e. The van der Waals surface area contributed by atoms with Gasteiger partial charge in [-0.05, 0) is 43.0 Å². The fourth-order valence-corrected chi connectivity index (χ4v) is 2.93. The molecule has 0 spiro atoms. The van der Waals surface area contributed by atoms with Crippen LogP contribution in [0.4, 0.5) is 4.39 Å². The van der Waals surface area contributed by atoms with E-state index in [0.29, 0.717) is 6.10 Å². The SMILES string of the molecule is CCNCC(OC1CCCC(C)C1)c1ccc(F)cc1. The largest absolute Gasteiger partial charge is 0.369 e. The van der Waals surface area contributed by atoms with E-state index in [-0.39, 0.29) is 11.9 Å². The molecule has 1 fully saturated rings. The molecule has 3 atom stereocenters. The maximum atomic E-state index is 13.1. The van der Waals surface area contributed by atoms with Gasteiger partial charge in [0, 0.05) is 6.54 Å². The van der Waals surface area contributed by atoms with Crippen LogP contribution in [0.3, 0.4) is 0 Å². The van der Waals surface area contributed by atoms with E-state index in [1.165, 1.54) is 25.0 Å². The van der Waals surface area contributed by atoms with Crippen LogP contribution >= 0.6 is 0 Å². The molecule has 1 saturated carbocycles. The Morgan fingerprint density at radius 1 is 1.30 bits per heavy atom. The third kappa shape index (κ3) is 4.57. The Hall–Kier alpha value is -0.930. The molecule has 2 nitrogen and oxygen atoms in total. The molecule has 0 aromatic heterocycles. The molecular formula is C17H26FNO. The first-order valence-electron chi connectivity index (χ1n) is 7.80. The first-order valence-corrected chi connectivity index (χ1v) is 7.80. The summed E-state index contributed by atoms with van der Waals surface area (Å²) in [6.45, 7) is 6.09. The van der Waals surface area contributed by atoms with E-state index in [9.17, 15) is 4.39 Å². The predicted molar refractivity (Wildman–Crippen MR) is 80.2 cm³/mol. The van der Waals surface area contributed by atoms with Crippen LogP contribution in [0, 0.1) is 11.7 Å². The van der Waals surface area contributed by atoms with Gasteiger partial charge in [0.1, 0.15) is 5.82 Å². The van der Waals surface area contributed by atoms with E-state index in [1.807, 2.05) is 12.1 Å². The zero-order valence-electron chi connectivity index (χ0n) is 12.6. The molecule has 1 aromatic carbocycles. The van der Waals surface area contributed by atoms with E-state index in [1.54, 1.807) is 0 Å². The van der Waals surface area contributed by atoms with E-state index in [4.69, 9.17) is 4.74 Å². The van der Waals surface area contributed by atoms with Crippen LogP contribution in [-0.4, -0.2) is 19.2 Å². The van der Waals surface area contributed by atoms with Crippen LogP contribution in [0.15, 0.2) is 24.3 Å². The summed E-state index contributed by atoms with van der Waals surface area (Å²) in [5, 5.41) is 3.34. The summed E-state index contributed by atoms with van der Waals surface area (Å²) < 4.78 is 19.4. The minimum atomic E-state index is -0.192. The highest BCUT2D eigenvalue weighted by Gasteiger charge is 2.23. The highest BCUT2D eigenvalue weighted by Crippen LogP contribution is 2.30. The molecule has 20 heavy (non-hydrogen) atoms. The summed E-state index contributed by atoms with van der Waals surface area (Å²) in [5.41, 5.74) is 1.06. The first kappa shape index (κ1) is 15.5. The third-order valence-electron chi connectivity index (χ3n) is 4.07. The van der Waals surface area contributed by atoms with Gasteiger partial charge in [-0.25, -0.2) is 4.39 Å². The summed E-state index contributed by atoms with van der Waals surface area (Å²) in [5.74, 6) is 0.559. The summed E-state index contributed by atoms with van der Waals surface area (Å²) >= 11 is 0. The Balaban J connectivity index is 2.00. The molecule has 0 aliphatic heterocycles. The van der Waals surface area contributed by atoms with Crippen LogP contribution in [-0.2, 0) is 4.74 Å². The Kier molecular flexibility index (Phi) is 5.99. The molecule has 1 aromatic rings. The van der Waals surface area contributed by atoms with Crippen LogP contribution in [0.1, 0.15) is 51.2 Å². The van der Waals surface area contributed by atoms with Crippen molar-refractivity contribution in [3.63, 3.8) is 0 Å². The fourth-order valence-electron chi connectivity index (χ4n) is 2.93. The number of ether oxygens (including phenoxy) is 1. The van der Waals surface area contributed by atoms with Gasteiger partial charge in [0.15, 0.2) is 0 Å². The quantitative estimate of drug-likeness (QED) is 0.847. The lowest BCUT2D eigenvalue weighted by molar-refractivity contribution is -0.0393. The van der Waals surface area contributed by atoms with Crippen molar-refractivity contribution in [2.75, 3.05) is 13.1 Å². The minimum absolute atomic E-state index is 0.0193. The van der Waals surface area contributed by atoms with Gasteiger partial charge >= 0.3 is 0 Å². The lowest BCUT2D eigenvalue weighted by Gasteiger charge is -2.31. The van der Waals surface area contributed by atoms with Gasteiger partial charge in [-0.2, -0.15) is 0 Å². The molecule has 1 N–H and O–H groups in total. The number of hydrogen-bond acceptors (Lipinski definition) is 2. The van der Waals surface area contributed by atoms with E-state index >= 15 is 0 Å². The van der Waals surface area contributed by atoms with Gasteiger partial charge < -0.3 is 10.1 Å². The number of likely N-dealkylation sites (N-methyl/N-ethyl adjacent to an activating group) is 1. The molecule has 1 aliphatic carbocycles. The van der Waals surface area contributed by atoms with Crippen molar-refractivity contribution in [2.45, 2.75) is 51.7 Å². The molecule has 2 rings (SSSR count). The van der Waals surface area contributed by atoms with E-state index < -0.39 is 0 Å². The number of hydrogen-bond donors (Lipinski definition) is 1. The Bertz CT molecular complexity index is 392. The van der Waals surface area contributed by atoms with Gasteiger partial charge in [0.05, 0.1) is 12.2 Å². The minimum Gasteiger partial charge on any atom is -0.369 e. The number of halogens is 1. The van der Waals surface area contributed by atoms with Gasteiger partial charge in [-0.3, -0.25) is 0 Å². The van der Waals surface area contributed by atoms with Crippen molar-refractivity contribution in [2.24, 2.45) is 5.92 Å². The van der Waals surface area contributed by atoms with Crippen molar-refractivity contribution in [3.8, 4) is 0 Å². The average molecular weight is 279 g/mol. The molecule has 0 saturated heterocycles. The van der Waals surface area contributed by atoms with Crippen molar-refractivity contribution in [1.82, 2.24) is 5.32 Å². The van der Waals surface area contributed by atoms with Crippen LogP contribution < -0.4 is 5.32 Å². The molecule has 0 amide bonds. The molecule has 0 bridgehead atoms. The summed E-state index contributed by atoms with van der Waals surface area (Å²) in [6.07, 6.45) is 5.22. The number of benzene rings is 1. The molecule has 3 heteroatoms. The third-order valence-corrected chi connectivity index (χ3v) is 4.07. The molecule has 0 radical (unpaired) electrons. The first-order chi connectivity index (χ1) is 9.69. The maximum Gasteiger partial charge on any atom is 0.123 e. The van der Waals surface area contributed by atoms with Gasteiger partial charge in [-0.15, -0.1) is 0 Å². The van der Waals surface area contributed by atoms with Crippen molar-refractivity contribution >= 4 is 0 Å². The summed E-state index contributed by atoms with van der Waals surface area (Å²) in [6, 6.07) is 6.70. The normalized spacial score (nSPS) is 24.6. The summed E-state index contributed by atoms with van der Waals surface area (Å²) in [7, 11) is 0. The zero-order valence-corrected chi connectivity index (χ0v) is 12.6. The predicted octanol–water partition coefficient (Wildman–Crippen LogP) is 4.07. The zero-order chi connectivity index (χ0) is 14.4. The second-order valence-corrected chi connectivity index (χ2v) is 5.88. The lowest BCUT2D eigenvalue weighted by Crippen LogP contribution is -2.29. The average Bonchev–Trinajstić information content (AvgIpc) is 2.44. The maximum absolute atomic E-state index is 13.1. The molecule has 0 heterocycles. The summed E-state index contributed by atoms with van der Waals surface area (Å²) in [4.78, 5) is 0. The standard InChI is InChI=1S/C17H26FNO/c1-3-19-12-17(14-7-9-15(18)10-8-14)20-16-6-4-5-13(2)11-16/h7-10,13,16-17,19H,3-6,11-12H2,1-2H3. The van der Waals surface area contributed by atoms with Crippen LogP contribution in [0.5, 0.6) is 0 Å². The molecule has 3 unspecified atom stereocenters. The lowest BCUT2D eigenvalue weighted by atomic mass is 9.88. The van der Waals surface area contributed by atoms with Gasteiger partial charge in [0.2, 0.25) is 0 Å².